The molecule has 1 N–H and O–H groups in total. The van der Waals surface area contributed by atoms with Gasteiger partial charge in [-0.3, -0.25) is 4.79 Å². The topological polar surface area (TPSA) is 73.9 Å². The van der Waals surface area contributed by atoms with E-state index in [0.29, 0.717) is 22.1 Å². The first kappa shape index (κ1) is 15.4. The van der Waals surface area contributed by atoms with Crippen LogP contribution >= 0.6 is 11.3 Å². The summed E-state index contributed by atoms with van der Waals surface area (Å²) < 4.78 is 16.1. The lowest BCUT2D eigenvalue weighted by molar-refractivity contribution is -0.125. The highest BCUT2D eigenvalue weighted by atomic mass is 32.1. The second-order valence-electron chi connectivity index (χ2n) is 4.74. The SMILES string of the molecule is CCOC(=O)c1ccsc1NC(=O)[C@H]1COc2ccccc2O1. The molecule has 1 aliphatic rings. The number of thiophene rings is 1. The van der Waals surface area contributed by atoms with Crippen molar-refractivity contribution in [1.82, 2.24) is 0 Å². The largest absolute Gasteiger partial charge is 0.485 e. The number of hydrogen-bond acceptors (Lipinski definition) is 6. The highest BCUT2D eigenvalue weighted by Crippen LogP contribution is 2.31. The zero-order valence-corrected chi connectivity index (χ0v) is 13.2. The lowest BCUT2D eigenvalue weighted by Gasteiger charge is -2.25. The van der Waals surface area contributed by atoms with E-state index in [0.717, 1.165) is 0 Å². The minimum absolute atomic E-state index is 0.114. The van der Waals surface area contributed by atoms with Gasteiger partial charge in [0.15, 0.2) is 11.5 Å². The standard InChI is InChI=1S/C16H15NO5S/c1-2-20-16(19)10-7-8-23-15(10)17-14(18)13-9-21-11-5-3-4-6-12(11)22-13/h3-8,13H,2,9H2,1H3,(H,17,18)/t13-/m1/s1. The number of hydrogen-bond donors (Lipinski definition) is 1. The van der Waals surface area contributed by atoms with Gasteiger partial charge in [-0.25, -0.2) is 4.79 Å². The van der Waals surface area contributed by atoms with Crippen LogP contribution in [0.1, 0.15) is 17.3 Å². The molecule has 1 aliphatic heterocycles. The van der Waals surface area contributed by atoms with Crippen molar-refractivity contribution in [3.63, 3.8) is 0 Å². The fourth-order valence-electron chi connectivity index (χ4n) is 2.12. The number of ether oxygens (including phenoxy) is 3. The summed E-state index contributed by atoms with van der Waals surface area (Å²) in [6.07, 6.45) is -0.776. The molecule has 120 valence electrons. The van der Waals surface area contributed by atoms with Crippen molar-refractivity contribution in [3.05, 3.63) is 41.3 Å². The molecule has 0 aliphatic carbocycles. The van der Waals surface area contributed by atoms with Gasteiger partial charge < -0.3 is 19.5 Å². The monoisotopic (exact) mass is 333 g/mol. The van der Waals surface area contributed by atoms with Gasteiger partial charge in [0.05, 0.1) is 12.2 Å². The highest BCUT2D eigenvalue weighted by Gasteiger charge is 2.28. The predicted molar refractivity (Wildman–Crippen MR) is 85.3 cm³/mol. The number of benzene rings is 1. The van der Waals surface area contributed by atoms with E-state index < -0.39 is 12.1 Å². The summed E-state index contributed by atoms with van der Waals surface area (Å²) in [5.74, 6) is 0.304. The van der Waals surface area contributed by atoms with Crippen LogP contribution in [0.3, 0.4) is 0 Å². The summed E-state index contributed by atoms with van der Waals surface area (Å²) in [7, 11) is 0. The van der Waals surface area contributed by atoms with Gasteiger partial charge in [0.25, 0.3) is 5.91 Å². The first-order chi connectivity index (χ1) is 11.2. The molecule has 0 saturated carbocycles. The van der Waals surface area contributed by atoms with E-state index in [-0.39, 0.29) is 19.1 Å². The minimum atomic E-state index is -0.776. The van der Waals surface area contributed by atoms with E-state index in [1.165, 1.54) is 11.3 Å². The first-order valence-corrected chi connectivity index (χ1v) is 8.01. The molecule has 2 aromatic rings. The van der Waals surface area contributed by atoms with Gasteiger partial charge in [-0.2, -0.15) is 0 Å². The molecule has 1 aromatic carbocycles. The summed E-state index contributed by atoms with van der Waals surface area (Å²) in [5, 5.41) is 4.86. The Bertz CT molecular complexity index is 727. The van der Waals surface area contributed by atoms with Crippen LogP contribution < -0.4 is 14.8 Å². The number of para-hydroxylation sites is 2. The number of amides is 1. The van der Waals surface area contributed by atoms with E-state index in [1.807, 2.05) is 6.07 Å². The molecule has 0 saturated heterocycles. The second kappa shape index (κ2) is 6.70. The molecule has 1 atom stereocenters. The third-order valence-corrected chi connectivity index (χ3v) is 4.03. The van der Waals surface area contributed by atoms with Crippen molar-refractivity contribution < 1.29 is 23.8 Å². The molecule has 6 nitrogen and oxygen atoms in total. The highest BCUT2D eigenvalue weighted by molar-refractivity contribution is 7.14. The van der Waals surface area contributed by atoms with Crippen LogP contribution in [0.5, 0.6) is 11.5 Å². The second-order valence-corrected chi connectivity index (χ2v) is 5.65. The molecule has 0 fully saturated rings. The number of fused-ring (bicyclic) bond motifs is 1. The zero-order valence-electron chi connectivity index (χ0n) is 12.4. The third-order valence-electron chi connectivity index (χ3n) is 3.20. The number of anilines is 1. The van der Waals surface area contributed by atoms with E-state index in [1.54, 1.807) is 36.6 Å². The van der Waals surface area contributed by atoms with Crippen LogP contribution in [0.2, 0.25) is 0 Å². The zero-order chi connectivity index (χ0) is 16.2. The molecule has 1 aromatic heterocycles. The van der Waals surface area contributed by atoms with Gasteiger partial charge in [-0.15, -0.1) is 11.3 Å². The Hall–Kier alpha value is -2.54. The molecule has 0 unspecified atom stereocenters. The van der Waals surface area contributed by atoms with Crippen LogP contribution in [-0.4, -0.2) is 31.2 Å². The van der Waals surface area contributed by atoms with Gasteiger partial charge >= 0.3 is 5.97 Å². The average molecular weight is 333 g/mol. The number of carbonyl (C=O) groups is 2. The molecular formula is C16H15NO5S. The third kappa shape index (κ3) is 3.29. The van der Waals surface area contributed by atoms with E-state index in [4.69, 9.17) is 14.2 Å². The number of carbonyl (C=O) groups excluding carboxylic acids is 2. The summed E-state index contributed by atoms with van der Waals surface area (Å²) in [5.41, 5.74) is 0.335. The maximum absolute atomic E-state index is 12.3. The molecule has 3 rings (SSSR count). The van der Waals surface area contributed by atoms with Gasteiger partial charge in [0.1, 0.15) is 11.6 Å². The Morgan fingerprint density at radius 3 is 2.87 bits per heavy atom. The number of esters is 1. The normalized spacial score (nSPS) is 15.8. The van der Waals surface area contributed by atoms with Crippen molar-refractivity contribution in [3.8, 4) is 11.5 Å². The summed E-state index contributed by atoms with van der Waals surface area (Å²) in [4.78, 5) is 24.2. The molecule has 2 heterocycles. The molecular weight excluding hydrogens is 318 g/mol. The van der Waals surface area contributed by atoms with Crippen LogP contribution in [0.4, 0.5) is 5.00 Å². The van der Waals surface area contributed by atoms with Crippen molar-refractivity contribution >= 4 is 28.2 Å². The van der Waals surface area contributed by atoms with Gasteiger partial charge in [0.2, 0.25) is 6.10 Å². The van der Waals surface area contributed by atoms with Crippen LogP contribution in [-0.2, 0) is 9.53 Å². The molecule has 1 amide bonds. The minimum Gasteiger partial charge on any atom is -0.485 e. The lowest BCUT2D eigenvalue weighted by Crippen LogP contribution is -2.40. The summed E-state index contributed by atoms with van der Waals surface area (Å²) >= 11 is 1.25. The van der Waals surface area contributed by atoms with E-state index in [9.17, 15) is 9.59 Å². The van der Waals surface area contributed by atoms with E-state index >= 15 is 0 Å². The Morgan fingerprint density at radius 1 is 1.30 bits per heavy atom. The quantitative estimate of drug-likeness (QED) is 0.871. The maximum atomic E-state index is 12.3. The maximum Gasteiger partial charge on any atom is 0.341 e. The summed E-state index contributed by atoms with van der Waals surface area (Å²) in [6, 6.07) is 8.78. The van der Waals surface area contributed by atoms with Gasteiger partial charge in [-0.1, -0.05) is 12.1 Å². The van der Waals surface area contributed by atoms with Crippen molar-refractivity contribution in [2.45, 2.75) is 13.0 Å². The van der Waals surface area contributed by atoms with Crippen LogP contribution in [0.15, 0.2) is 35.7 Å². The van der Waals surface area contributed by atoms with Crippen molar-refractivity contribution in [2.75, 3.05) is 18.5 Å². The van der Waals surface area contributed by atoms with Crippen LogP contribution in [0, 0.1) is 0 Å². The van der Waals surface area contributed by atoms with Crippen LogP contribution in [0.25, 0.3) is 0 Å². The molecule has 0 radical (unpaired) electrons. The van der Waals surface area contributed by atoms with Crippen molar-refractivity contribution in [1.29, 1.82) is 0 Å². The van der Waals surface area contributed by atoms with Crippen molar-refractivity contribution in [2.24, 2.45) is 0 Å². The van der Waals surface area contributed by atoms with Gasteiger partial charge in [-0.05, 0) is 30.5 Å². The number of rotatable bonds is 4. The Labute approximate surface area is 137 Å². The summed E-state index contributed by atoms with van der Waals surface area (Å²) in [6.45, 7) is 2.12. The first-order valence-electron chi connectivity index (χ1n) is 7.13. The molecule has 0 bridgehead atoms. The molecule has 23 heavy (non-hydrogen) atoms. The smallest absolute Gasteiger partial charge is 0.341 e. The average Bonchev–Trinajstić information content (AvgIpc) is 3.03. The fraction of sp³-hybridized carbons (Fsp3) is 0.250. The van der Waals surface area contributed by atoms with E-state index in [2.05, 4.69) is 5.32 Å². The van der Waals surface area contributed by atoms with Gasteiger partial charge in [0, 0.05) is 0 Å². The molecule has 7 heteroatoms. The Balaban J connectivity index is 1.69. The Morgan fingerprint density at radius 2 is 2.09 bits per heavy atom. The predicted octanol–water partition coefficient (Wildman–Crippen LogP) is 2.70. The Kier molecular flexibility index (Phi) is 4.47. The number of nitrogens with one attached hydrogen (secondary N) is 1. The molecule has 0 spiro atoms. The fourth-order valence-corrected chi connectivity index (χ4v) is 2.89. The lowest BCUT2D eigenvalue weighted by atomic mass is 10.2.